The van der Waals surface area contributed by atoms with E-state index in [1.54, 1.807) is 11.8 Å². The van der Waals surface area contributed by atoms with Crippen LogP contribution >= 0.6 is 11.8 Å². The maximum Gasteiger partial charge on any atom is 0.192 e. The van der Waals surface area contributed by atoms with Crippen LogP contribution in [0.25, 0.3) is 11.4 Å². The highest BCUT2D eigenvalue weighted by Crippen LogP contribution is 2.27. The fourth-order valence-electron chi connectivity index (χ4n) is 2.60. The van der Waals surface area contributed by atoms with Gasteiger partial charge in [-0.2, -0.15) is 0 Å². The summed E-state index contributed by atoms with van der Waals surface area (Å²) in [5.74, 6) is 2.57. The predicted molar refractivity (Wildman–Crippen MR) is 108 cm³/mol. The van der Waals surface area contributed by atoms with Gasteiger partial charge < -0.3 is 4.74 Å². The van der Waals surface area contributed by atoms with E-state index in [2.05, 4.69) is 52.5 Å². The summed E-state index contributed by atoms with van der Waals surface area (Å²) in [5.41, 5.74) is 3.56. The molecule has 0 aliphatic rings. The largest absolute Gasteiger partial charge is 0.494 e. The van der Waals surface area contributed by atoms with Crippen LogP contribution in [0, 0.1) is 6.92 Å². The van der Waals surface area contributed by atoms with Crippen LogP contribution in [-0.4, -0.2) is 21.4 Å². The third-order valence-electron chi connectivity index (χ3n) is 3.94. The molecule has 2 aromatic carbocycles. The monoisotopic (exact) mass is 365 g/mol. The molecule has 4 nitrogen and oxygen atoms in total. The third kappa shape index (κ3) is 4.35. The Morgan fingerprint density at radius 1 is 1.08 bits per heavy atom. The topological polar surface area (TPSA) is 39.9 Å². The van der Waals surface area contributed by atoms with Crippen molar-refractivity contribution in [3.63, 3.8) is 0 Å². The second kappa shape index (κ2) is 8.72. The first kappa shape index (κ1) is 18.3. The third-order valence-corrected chi connectivity index (χ3v) is 4.98. The molecule has 0 aliphatic carbocycles. The number of allylic oxidation sites excluding steroid dienone is 1. The molecule has 0 saturated carbocycles. The Bertz CT molecular complexity index is 854. The zero-order valence-electron chi connectivity index (χ0n) is 15.2. The van der Waals surface area contributed by atoms with Crippen molar-refractivity contribution in [1.82, 2.24) is 14.8 Å². The molecule has 3 rings (SSSR count). The molecule has 0 bridgehead atoms. The molecule has 134 valence electrons. The highest BCUT2D eigenvalue weighted by Gasteiger charge is 2.13. The second-order valence-corrected chi connectivity index (χ2v) is 6.88. The number of rotatable bonds is 8. The number of hydrogen-bond donors (Lipinski definition) is 0. The van der Waals surface area contributed by atoms with Crippen LogP contribution < -0.4 is 4.74 Å². The summed E-state index contributed by atoms with van der Waals surface area (Å²) in [4.78, 5) is 0. The number of benzene rings is 2. The smallest absolute Gasteiger partial charge is 0.192 e. The van der Waals surface area contributed by atoms with Crippen molar-refractivity contribution >= 4 is 11.8 Å². The molecule has 0 unspecified atom stereocenters. The summed E-state index contributed by atoms with van der Waals surface area (Å²) >= 11 is 1.69. The number of hydrogen-bond acceptors (Lipinski definition) is 4. The van der Waals surface area contributed by atoms with Gasteiger partial charge in [0.1, 0.15) is 5.75 Å². The summed E-state index contributed by atoms with van der Waals surface area (Å²) in [6.07, 6.45) is 1.87. The number of nitrogens with zero attached hydrogens (tertiary/aromatic N) is 3. The van der Waals surface area contributed by atoms with Gasteiger partial charge >= 0.3 is 0 Å². The molecule has 0 aliphatic heterocycles. The van der Waals surface area contributed by atoms with Crippen molar-refractivity contribution in [1.29, 1.82) is 0 Å². The minimum absolute atomic E-state index is 0.659. The minimum Gasteiger partial charge on any atom is -0.494 e. The van der Waals surface area contributed by atoms with E-state index in [-0.39, 0.29) is 0 Å². The van der Waals surface area contributed by atoms with Gasteiger partial charge in [0.2, 0.25) is 0 Å². The Morgan fingerprint density at radius 3 is 2.46 bits per heavy atom. The van der Waals surface area contributed by atoms with E-state index < -0.39 is 0 Å². The average molecular weight is 366 g/mol. The standard InChI is InChI=1S/C21H23N3OS/c1-4-14-24-20(18-10-12-19(13-11-18)25-5-2)22-23-21(24)26-15-17-8-6-16(3)7-9-17/h4,6-13H,1,5,14-15H2,2-3H3. The lowest BCUT2D eigenvalue weighted by molar-refractivity contribution is 0.340. The number of ether oxygens (including phenoxy) is 1. The molecule has 0 fully saturated rings. The minimum atomic E-state index is 0.659. The van der Waals surface area contributed by atoms with Crippen molar-refractivity contribution < 1.29 is 4.74 Å². The van der Waals surface area contributed by atoms with E-state index in [0.717, 1.165) is 28.0 Å². The van der Waals surface area contributed by atoms with Crippen molar-refractivity contribution in [2.75, 3.05) is 6.61 Å². The zero-order valence-corrected chi connectivity index (χ0v) is 16.0. The Kier molecular flexibility index (Phi) is 6.12. The fourth-order valence-corrected chi connectivity index (χ4v) is 3.51. The molecule has 1 heterocycles. The Labute approximate surface area is 158 Å². The van der Waals surface area contributed by atoms with Gasteiger partial charge in [-0.1, -0.05) is 47.7 Å². The molecule has 0 amide bonds. The van der Waals surface area contributed by atoms with Gasteiger partial charge in [0, 0.05) is 17.9 Å². The first-order valence-electron chi connectivity index (χ1n) is 8.67. The highest BCUT2D eigenvalue weighted by atomic mass is 32.2. The Balaban J connectivity index is 1.80. The van der Waals surface area contributed by atoms with Crippen LogP contribution in [0.4, 0.5) is 0 Å². The molecule has 0 radical (unpaired) electrons. The summed E-state index contributed by atoms with van der Waals surface area (Å²) in [6, 6.07) is 16.5. The molecule has 0 N–H and O–H groups in total. The lowest BCUT2D eigenvalue weighted by Crippen LogP contribution is -2.01. The van der Waals surface area contributed by atoms with Gasteiger partial charge in [-0.25, -0.2) is 0 Å². The van der Waals surface area contributed by atoms with Crippen LogP contribution in [0.5, 0.6) is 5.75 Å². The Morgan fingerprint density at radius 2 is 1.81 bits per heavy atom. The van der Waals surface area contributed by atoms with E-state index in [0.29, 0.717) is 13.2 Å². The van der Waals surface area contributed by atoms with Gasteiger partial charge in [-0.05, 0) is 43.7 Å². The van der Waals surface area contributed by atoms with Crippen LogP contribution in [0.1, 0.15) is 18.1 Å². The number of aromatic nitrogens is 3. The van der Waals surface area contributed by atoms with E-state index in [9.17, 15) is 0 Å². The number of aryl methyl sites for hydroxylation is 1. The van der Waals surface area contributed by atoms with Crippen LogP contribution in [0.3, 0.4) is 0 Å². The molecule has 0 spiro atoms. The maximum atomic E-state index is 5.51. The van der Waals surface area contributed by atoms with Crippen molar-refractivity contribution in [2.45, 2.75) is 31.3 Å². The van der Waals surface area contributed by atoms with Gasteiger partial charge in [-0.15, -0.1) is 16.8 Å². The molecule has 0 saturated heterocycles. The maximum absolute atomic E-state index is 5.51. The van der Waals surface area contributed by atoms with Crippen LogP contribution in [0.15, 0.2) is 66.3 Å². The lowest BCUT2D eigenvalue weighted by atomic mass is 10.2. The highest BCUT2D eigenvalue weighted by molar-refractivity contribution is 7.98. The first-order chi connectivity index (χ1) is 12.7. The lowest BCUT2D eigenvalue weighted by Gasteiger charge is -2.09. The SMILES string of the molecule is C=CCn1c(SCc2ccc(C)cc2)nnc1-c1ccc(OCC)cc1. The van der Waals surface area contributed by atoms with Crippen molar-refractivity contribution in [3.8, 4) is 17.1 Å². The van der Waals surface area contributed by atoms with Gasteiger partial charge in [0.15, 0.2) is 11.0 Å². The fraction of sp³-hybridized carbons (Fsp3) is 0.238. The van der Waals surface area contributed by atoms with Gasteiger partial charge in [0.25, 0.3) is 0 Å². The van der Waals surface area contributed by atoms with E-state index >= 15 is 0 Å². The zero-order chi connectivity index (χ0) is 18.4. The first-order valence-corrected chi connectivity index (χ1v) is 9.65. The van der Waals surface area contributed by atoms with E-state index in [1.165, 1.54) is 11.1 Å². The summed E-state index contributed by atoms with van der Waals surface area (Å²) < 4.78 is 7.61. The van der Waals surface area contributed by atoms with E-state index in [4.69, 9.17) is 4.74 Å². The van der Waals surface area contributed by atoms with E-state index in [1.807, 2.05) is 37.3 Å². The molecular formula is C21H23N3OS. The number of thioether (sulfide) groups is 1. The average Bonchev–Trinajstić information content (AvgIpc) is 3.05. The van der Waals surface area contributed by atoms with Crippen LogP contribution in [-0.2, 0) is 12.3 Å². The second-order valence-electron chi connectivity index (χ2n) is 5.94. The van der Waals surface area contributed by atoms with Gasteiger partial charge in [-0.3, -0.25) is 4.57 Å². The Hall–Kier alpha value is -2.53. The van der Waals surface area contributed by atoms with Gasteiger partial charge in [0.05, 0.1) is 6.61 Å². The molecule has 0 atom stereocenters. The summed E-state index contributed by atoms with van der Waals surface area (Å²) in [7, 11) is 0. The van der Waals surface area contributed by atoms with Crippen molar-refractivity contribution in [3.05, 3.63) is 72.3 Å². The summed E-state index contributed by atoms with van der Waals surface area (Å²) in [5, 5.41) is 9.71. The van der Waals surface area contributed by atoms with Crippen LogP contribution in [0.2, 0.25) is 0 Å². The molecule has 3 aromatic rings. The quantitative estimate of drug-likeness (QED) is 0.410. The molecule has 26 heavy (non-hydrogen) atoms. The predicted octanol–water partition coefficient (Wildman–Crippen LogP) is 5.13. The normalized spacial score (nSPS) is 10.7. The molecular weight excluding hydrogens is 342 g/mol. The summed E-state index contributed by atoms with van der Waals surface area (Å²) in [6.45, 7) is 9.28. The molecule has 1 aromatic heterocycles. The molecule has 5 heteroatoms. The van der Waals surface area contributed by atoms with Crippen molar-refractivity contribution in [2.24, 2.45) is 0 Å².